The fourth-order valence-corrected chi connectivity index (χ4v) is 1.81. The zero-order valence-corrected chi connectivity index (χ0v) is 12.8. The van der Waals surface area contributed by atoms with Gasteiger partial charge in [-0.1, -0.05) is 12.1 Å². The molecule has 1 aromatic carbocycles. The van der Waals surface area contributed by atoms with E-state index in [1.807, 2.05) is 38.1 Å². The molecule has 0 aliphatic carbocycles. The van der Waals surface area contributed by atoms with Crippen LogP contribution in [0.4, 0.5) is 5.95 Å². The molecule has 0 saturated heterocycles. The van der Waals surface area contributed by atoms with Crippen molar-refractivity contribution in [1.82, 2.24) is 15.0 Å². The van der Waals surface area contributed by atoms with E-state index in [1.165, 1.54) is 0 Å². The number of ether oxygens (including phenoxy) is 2. The second-order valence-corrected chi connectivity index (χ2v) is 4.57. The number of anilines is 1. The van der Waals surface area contributed by atoms with Crippen LogP contribution >= 0.6 is 15.9 Å². The molecular weight excluding hydrogens is 324 g/mol. The third-order valence-corrected chi connectivity index (χ3v) is 2.90. The highest BCUT2D eigenvalue weighted by Crippen LogP contribution is 2.28. The first-order valence-electron chi connectivity index (χ1n) is 6.28. The Morgan fingerprint density at radius 2 is 1.85 bits per heavy atom. The summed E-state index contributed by atoms with van der Waals surface area (Å²) in [6.07, 6.45) is 0. The van der Waals surface area contributed by atoms with Crippen molar-refractivity contribution in [3.8, 4) is 17.8 Å². The van der Waals surface area contributed by atoms with Crippen molar-refractivity contribution in [1.29, 1.82) is 0 Å². The van der Waals surface area contributed by atoms with Crippen LogP contribution in [0, 0.1) is 0 Å². The molecule has 106 valence electrons. The standard InChI is InChI=1S/C13H15BrN4O2/c1-3-15-11-16-12(19-4-2)18-13(17-11)20-10-8-6-5-7-9(10)14/h5-8H,3-4H2,1-2H3,(H,15,16,17,18). The largest absolute Gasteiger partial charge is 0.464 e. The van der Waals surface area contributed by atoms with Crippen LogP contribution in [0.3, 0.4) is 0 Å². The third kappa shape index (κ3) is 3.80. The smallest absolute Gasteiger partial charge is 0.330 e. The summed E-state index contributed by atoms with van der Waals surface area (Å²) in [6, 6.07) is 7.90. The van der Waals surface area contributed by atoms with Crippen LogP contribution in [-0.4, -0.2) is 28.1 Å². The molecule has 0 aliphatic heterocycles. The van der Waals surface area contributed by atoms with Crippen molar-refractivity contribution in [2.24, 2.45) is 0 Å². The fourth-order valence-electron chi connectivity index (χ4n) is 1.44. The van der Waals surface area contributed by atoms with Crippen LogP contribution in [0.5, 0.6) is 17.8 Å². The van der Waals surface area contributed by atoms with E-state index in [4.69, 9.17) is 9.47 Å². The summed E-state index contributed by atoms with van der Waals surface area (Å²) in [5.74, 6) is 1.05. The molecule has 2 aromatic rings. The number of hydrogen-bond donors (Lipinski definition) is 1. The third-order valence-electron chi connectivity index (χ3n) is 2.24. The lowest BCUT2D eigenvalue weighted by atomic mass is 10.3. The zero-order valence-electron chi connectivity index (χ0n) is 11.3. The Bertz CT molecular complexity index is 556. The summed E-state index contributed by atoms with van der Waals surface area (Å²) in [4.78, 5) is 12.4. The second kappa shape index (κ2) is 7.04. The van der Waals surface area contributed by atoms with Gasteiger partial charge in [0.15, 0.2) is 0 Å². The molecule has 2 rings (SSSR count). The molecule has 0 unspecified atom stereocenters. The SMILES string of the molecule is CCNc1nc(OCC)nc(Oc2ccccc2Br)n1. The predicted octanol–water partition coefficient (Wildman–Crippen LogP) is 3.26. The average molecular weight is 339 g/mol. The molecule has 0 aliphatic rings. The van der Waals surface area contributed by atoms with E-state index in [-0.39, 0.29) is 12.0 Å². The van der Waals surface area contributed by atoms with Gasteiger partial charge in [-0.3, -0.25) is 0 Å². The molecular formula is C13H15BrN4O2. The van der Waals surface area contributed by atoms with Crippen LogP contribution < -0.4 is 14.8 Å². The minimum Gasteiger partial charge on any atom is -0.464 e. The summed E-state index contributed by atoms with van der Waals surface area (Å²) < 4.78 is 11.8. The van der Waals surface area contributed by atoms with Gasteiger partial charge in [0.05, 0.1) is 11.1 Å². The number of rotatable bonds is 6. The van der Waals surface area contributed by atoms with Gasteiger partial charge in [0, 0.05) is 6.54 Å². The maximum Gasteiger partial charge on any atom is 0.330 e. The highest BCUT2D eigenvalue weighted by molar-refractivity contribution is 9.10. The number of nitrogens with zero attached hydrogens (tertiary/aromatic N) is 3. The Balaban J connectivity index is 2.28. The molecule has 0 bridgehead atoms. The number of benzene rings is 1. The minimum absolute atomic E-state index is 0.186. The van der Waals surface area contributed by atoms with E-state index in [9.17, 15) is 0 Å². The molecule has 1 aromatic heterocycles. The van der Waals surface area contributed by atoms with Crippen molar-refractivity contribution < 1.29 is 9.47 Å². The molecule has 0 radical (unpaired) electrons. The molecule has 0 saturated carbocycles. The quantitative estimate of drug-likeness (QED) is 0.871. The Labute approximate surface area is 125 Å². The number of halogens is 1. The molecule has 0 fully saturated rings. The van der Waals surface area contributed by atoms with Gasteiger partial charge in [0.2, 0.25) is 5.95 Å². The normalized spacial score (nSPS) is 10.2. The molecule has 0 spiro atoms. The lowest BCUT2D eigenvalue weighted by molar-refractivity contribution is 0.303. The number of aromatic nitrogens is 3. The van der Waals surface area contributed by atoms with Gasteiger partial charge in [0.1, 0.15) is 5.75 Å². The lowest BCUT2D eigenvalue weighted by Gasteiger charge is -2.09. The Hall–Kier alpha value is -1.89. The van der Waals surface area contributed by atoms with Crippen LogP contribution in [0.2, 0.25) is 0 Å². The first kappa shape index (κ1) is 14.5. The highest BCUT2D eigenvalue weighted by Gasteiger charge is 2.10. The van der Waals surface area contributed by atoms with Crippen LogP contribution in [0.25, 0.3) is 0 Å². The van der Waals surface area contributed by atoms with Crippen molar-refractivity contribution in [2.45, 2.75) is 13.8 Å². The summed E-state index contributed by atoms with van der Waals surface area (Å²) in [7, 11) is 0. The molecule has 0 atom stereocenters. The van der Waals surface area contributed by atoms with Gasteiger partial charge >= 0.3 is 12.0 Å². The molecule has 6 nitrogen and oxygen atoms in total. The molecule has 7 heteroatoms. The maximum absolute atomic E-state index is 5.65. The second-order valence-electron chi connectivity index (χ2n) is 3.72. The van der Waals surface area contributed by atoms with Gasteiger partial charge in [-0.25, -0.2) is 0 Å². The monoisotopic (exact) mass is 338 g/mol. The maximum atomic E-state index is 5.65. The molecule has 1 heterocycles. The zero-order chi connectivity index (χ0) is 14.4. The summed E-state index contributed by atoms with van der Waals surface area (Å²) in [6.45, 7) is 5.00. The van der Waals surface area contributed by atoms with Gasteiger partial charge in [-0.05, 0) is 41.9 Å². The molecule has 1 N–H and O–H groups in total. The Morgan fingerprint density at radius 3 is 2.55 bits per heavy atom. The number of para-hydroxylation sites is 1. The predicted molar refractivity (Wildman–Crippen MR) is 79.4 cm³/mol. The van der Waals surface area contributed by atoms with Gasteiger partial charge in [-0.15, -0.1) is 4.98 Å². The first-order valence-corrected chi connectivity index (χ1v) is 7.07. The van der Waals surface area contributed by atoms with E-state index in [1.54, 1.807) is 0 Å². The summed E-state index contributed by atoms with van der Waals surface area (Å²) >= 11 is 3.41. The minimum atomic E-state index is 0.186. The van der Waals surface area contributed by atoms with Crippen molar-refractivity contribution in [3.05, 3.63) is 28.7 Å². The van der Waals surface area contributed by atoms with E-state index >= 15 is 0 Å². The highest BCUT2D eigenvalue weighted by atomic mass is 79.9. The Morgan fingerprint density at radius 1 is 1.10 bits per heavy atom. The topological polar surface area (TPSA) is 69.2 Å². The van der Waals surface area contributed by atoms with E-state index in [0.29, 0.717) is 24.8 Å². The summed E-state index contributed by atoms with van der Waals surface area (Å²) in [5, 5.41) is 3.01. The number of hydrogen-bond acceptors (Lipinski definition) is 6. The van der Waals surface area contributed by atoms with Crippen LogP contribution in [0.15, 0.2) is 28.7 Å². The first-order chi connectivity index (χ1) is 9.72. The average Bonchev–Trinajstić information content (AvgIpc) is 2.42. The fraction of sp³-hybridized carbons (Fsp3) is 0.308. The van der Waals surface area contributed by atoms with Crippen molar-refractivity contribution in [2.75, 3.05) is 18.5 Å². The molecule has 0 amide bonds. The Kier molecular flexibility index (Phi) is 5.11. The van der Waals surface area contributed by atoms with E-state index < -0.39 is 0 Å². The van der Waals surface area contributed by atoms with Crippen LogP contribution in [0.1, 0.15) is 13.8 Å². The lowest BCUT2D eigenvalue weighted by Crippen LogP contribution is -2.07. The summed E-state index contributed by atoms with van der Waals surface area (Å²) in [5.41, 5.74) is 0. The number of nitrogens with one attached hydrogen (secondary N) is 1. The van der Waals surface area contributed by atoms with Gasteiger partial charge in [-0.2, -0.15) is 9.97 Å². The van der Waals surface area contributed by atoms with Crippen molar-refractivity contribution in [3.63, 3.8) is 0 Å². The van der Waals surface area contributed by atoms with Gasteiger partial charge in [0.25, 0.3) is 0 Å². The van der Waals surface area contributed by atoms with E-state index in [0.717, 1.165) is 4.47 Å². The van der Waals surface area contributed by atoms with Crippen LogP contribution in [-0.2, 0) is 0 Å². The van der Waals surface area contributed by atoms with E-state index in [2.05, 4.69) is 36.2 Å². The van der Waals surface area contributed by atoms with Crippen molar-refractivity contribution >= 4 is 21.9 Å². The van der Waals surface area contributed by atoms with Gasteiger partial charge < -0.3 is 14.8 Å². The molecule has 20 heavy (non-hydrogen) atoms.